The van der Waals surface area contributed by atoms with Gasteiger partial charge in [0.05, 0.1) is 5.50 Å². The van der Waals surface area contributed by atoms with Crippen LogP contribution < -0.4 is 0 Å². The zero-order valence-corrected chi connectivity index (χ0v) is 10.8. The predicted octanol–water partition coefficient (Wildman–Crippen LogP) is 0.523. The number of hydrogen-bond acceptors (Lipinski definition) is 5. The van der Waals surface area contributed by atoms with Gasteiger partial charge >= 0.3 is 15.2 Å². The summed E-state index contributed by atoms with van der Waals surface area (Å²) in [5.41, 5.74) is -0.556. The molecular weight excluding hydrogens is 214 g/mol. The molecule has 0 aromatic carbocycles. The Balaban J connectivity index is 4.20. The van der Waals surface area contributed by atoms with E-state index in [4.69, 9.17) is 18.9 Å². The highest BCUT2D eigenvalue weighted by atomic mass is 32.2. The van der Waals surface area contributed by atoms with E-state index in [1.54, 1.807) is 0 Å². The Morgan fingerprint density at radius 3 is 2.13 bits per heavy atom. The minimum atomic E-state index is -0.569. The fourth-order valence-corrected chi connectivity index (χ4v) is 1.47. The van der Waals surface area contributed by atoms with Gasteiger partial charge in [-0.15, -0.1) is 0 Å². The van der Waals surface area contributed by atoms with Crippen LogP contribution in [0.2, 0.25) is 0 Å². The monoisotopic (exact) mass is 234 g/mol. The molecule has 0 aliphatic rings. The molecule has 2 atom stereocenters. The van der Waals surface area contributed by atoms with E-state index >= 15 is 0 Å². The third-order valence-electron chi connectivity index (χ3n) is 2.51. The summed E-state index contributed by atoms with van der Waals surface area (Å²) in [7, 11) is -0.363. The fourth-order valence-electron chi connectivity index (χ4n) is 0.707. The van der Waals surface area contributed by atoms with Gasteiger partial charge in [-0.25, -0.2) is 0 Å². The van der Waals surface area contributed by atoms with Gasteiger partial charge in [0.15, 0.2) is 0 Å². The minimum Gasteiger partial charge on any atom is -0.451 e. The molecule has 0 amide bonds. The maximum Gasteiger partial charge on any atom is 0.436 e. The fraction of sp³-hybridized carbons (Fsp3) is 1.00. The molecule has 88 valence electrons. The summed E-state index contributed by atoms with van der Waals surface area (Å²) in [6, 6.07) is 0. The Kier molecular flexibility index (Phi) is 6.95. The van der Waals surface area contributed by atoms with Crippen LogP contribution in [0.1, 0.15) is 40.5 Å². The van der Waals surface area contributed by atoms with E-state index in [9.17, 15) is 0 Å². The quantitative estimate of drug-likeness (QED) is 0.364. The van der Waals surface area contributed by atoms with Gasteiger partial charge in [0, 0.05) is 12.0 Å². The molecule has 0 aliphatic carbocycles. The molecule has 2 N–H and O–H groups in total. The molecule has 7 heteroatoms. The first kappa shape index (κ1) is 15.3. The van der Waals surface area contributed by atoms with Crippen molar-refractivity contribution in [3.05, 3.63) is 0 Å². The highest BCUT2D eigenvalue weighted by Gasteiger charge is 2.31. The Hall–Kier alpha value is 0.320. The summed E-state index contributed by atoms with van der Waals surface area (Å²) in [5.74, 6) is 0. The lowest BCUT2D eigenvalue weighted by Crippen LogP contribution is -2.36. The van der Waals surface area contributed by atoms with Crippen molar-refractivity contribution in [3.63, 3.8) is 0 Å². The standard InChI is InChI=1S/C8H20B2O4S/c1-5-7(3,9-11)14-15-8(4,6-2)13-10-12/h9-12H,5-6H2,1-4H3. The van der Waals surface area contributed by atoms with Crippen LogP contribution in [0.5, 0.6) is 0 Å². The van der Waals surface area contributed by atoms with Gasteiger partial charge < -0.3 is 18.9 Å². The second-order valence-corrected chi connectivity index (χ2v) is 5.09. The van der Waals surface area contributed by atoms with Gasteiger partial charge in [-0.1, -0.05) is 13.8 Å². The highest BCUT2D eigenvalue weighted by Crippen LogP contribution is 2.34. The lowest BCUT2D eigenvalue weighted by Gasteiger charge is -2.32. The van der Waals surface area contributed by atoms with Crippen molar-refractivity contribution in [1.29, 1.82) is 0 Å². The summed E-state index contributed by atoms with van der Waals surface area (Å²) in [5, 5.41) is 17.9. The van der Waals surface area contributed by atoms with E-state index in [1.807, 2.05) is 27.7 Å². The second kappa shape index (κ2) is 6.81. The van der Waals surface area contributed by atoms with Crippen LogP contribution in [0, 0.1) is 0 Å². The van der Waals surface area contributed by atoms with E-state index in [0.717, 1.165) is 18.5 Å². The van der Waals surface area contributed by atoms with Crippen molar-refractivity contribution < 1.29 is 18.9 Å². The molecule has 0 saturated carbocycles. The molecular formula is C8H20B2O4S. The van der Waals surface area contributed by atoms with Crippen molar-refractivity contribution in [1.82, 2.24) is 0 Å². The summed E-state index contributed by atoms with van der Waals surface area (Å²) < 4.78 is 10.7. The Bertz CT molecular complexity index is 180. The van der Waals surface area contributed by atoms with Gasteiger partial charge in [-0.05, 0) is 26.7 Å². The Morgan fingerprint density at radius 2 is 1.80 bits per heavy atom. The first-order valence-corrected chi connectivity index (χ1v) is 5.92. The summed E-state index contributed by atoms with van der Waals surface area (Å²) in [6.45, 7) is 7.59. The zero-order valence-electron chi connectivity index (χ0n) is 9.95. The third kappa shape index (κ3) is 5.26. The van der Waals surface area contributed by atoms with Crippen molar-refractivity contribution >= 4 is 27.2 Å². The molecule has 15 heavy (non-hydrogen) atoms. The van der Waals surface area contributed by atoms with Crippen LogP contribution in [-0.2, 0) is 8.84 Å². The van der Waals surface area contributed by atoms with Crippen LogP contribution in [0.25, 0.3) is 0 Å². The molecule has 0 aliphatic heterocycles. The van der Waals surface area contributed by atoms with Gasteiger partial charge in [0.1, 0.15) is 4.93 Å². The molecule has 4 nitrogen and oxygen atoms in total. The Morgan fingerprint density at radius 1 is 1.20 bits per heavy atom. The Labute approximate surface area is 97.5 Å². The summed E-state index contributed by atoms with van der Waals surface area (Å²) >= 11 is 1.16. The molecule has 0 aromatic heterocycles. The number of rotatable bonds is 8. The smallest absolute Gasteiger partial charge is 0.436 e. The third-order valence-corrected chi connectivity index (χ3v) is 3.76. The first-order chi connectivity index (χ1) is 6.95. The lowest BCUT2D eigenvalue weighted by molar-refractivity contribution is 0.129. The van der Waals surface area contributed by atoms with Gasteiger partial charge in [0.25, 0.3) is 0 Å². The van der Waals surface area contributed by atoms with Crippen LogP contribution in [0.4, 0.5) is 0 Å². The highest BCUT2D eigenvalue weighted by molar-refractivity contribution is 7.96. The van der Waals surface area contributed by atoms with Crippen LogP contribution in [0.3, 0.4) is 0 Å². The van der Waals surface area contributed by atoms with Crippen molar-refractivity contribution in [3.8, 4) is 0 Å². The molecule has 2 unspecified atom stereocenters. The van der Waals surface area contributed by atoms with Crippen molar-refractivity contribution in [2.75, 3.05) is 0 Å². The molecule has 0 radical (unpaired) electrons. The van der Waals surface area contributed by atoms with E-state index in [1.165, 1.54) is 0 Å². The average molecular weight is 234 g/mol. The largest absolute Gasteiger partial charge is 0.451 e. The zero-order chi connectivity index (χ0) is 11.9. The molecule has 0 saturated heterocycles. The van der Waals surface area contributed by atoms with Crippen molar-refractivity contribution in [2.24, 2.45) is 0 Å². The van der Waals surface area contributed by atoms with Crippen LogP contribution in [-0.4, -0.2) is 35.6 Å². The molecule has 0 fully saturated rings. The van der Waals surface area contributed by atoms with E-state index in [0.29, 0.717) is 6.42 Å². The summed E-state index contributed by atoms with van der Waals surface area (Å²) in [6.07, 6.45) is 1.43. The SMILES string of the molecule is CCC(C)(BO)OSC(C)(CC)OBO. The molecule has 0 spiro atoms. The molecule has 0 aromatic rings. The maximum absolute atomic E-state index is 9.16. The summed E-state index contributed by atoms with van der Waals surface area (Å²) in [4.78, 5) is -0.569. The topological polar surface area (TPSA) is 58.9 Å². The average Bonchev–Trinajstić information content (AvgIpc) is 2.26. The van der Waals surface area contributed by atoms with E-state index in [2.05, 4.69) is 0 Å². The predicted molar refractivity (Wildman–Crippen MR) is 65.9 cm³/mol. The van der Waals surface area contributed by atoms with Gasteiger partial charge in [0.2, 0.25) is 0 Å². The molecule has 0 rings (SSSR count). The first-order valence-electron chi connectivity index (χ1n) is 5.18. The second-order valence-electron chi connectivity index (χ2n) is 3.89. The van der Waals surface area contributed by atoms with Crippen LogP contribution in [0.15, 0.2) is 0 Å². The number of hydrogen-bond donors (Lipinski definition) is 2. The van der Waals surface area contributed by atoms with E-state index < -0.39 is 10.4 Å². The van der Waals surface area contributed by atoms with Crippen molar-refractivity contribution in [2.45, 2.75) is 51.0 Å². The minimum absolute atomic E-state index is 0.0323. The van der Waals surface area contributed by atoms with Crippen LogP contribution >= 0.6 is 12.0 Å². The molecule has 0 bridgehead atoms. The molecule has 0 heterocycles. The van der Waals surface area contributed by atoms with Gasteiger partial charge in [-0.3, -0.25) is 0 Å². The lowest BCUT2D eigenvalue weighted by atomic mass is 9.75. The van der Waals surface area contributed by atoms with Gasteiger partial charge in [-0.2, -0.15) is 0 Å². The normalized spacial score (nSPS) is 19.1. The maximum atomic E-state index is 9.16. The van der Waals surface area contributed by atoms with E-state index in [-0.39, 0.29) is 15.2 Å².